The van der Waals surface area contributed by atoms with Gasteiger partial charge in [0.15, 0.2) is 11.5 Å². The molecule has 3 aromatic rings. The SMILES string of the molecule is COc1cc(/C=C/C(=O)NCc2ccc(-n3cccn3)cc2)ccc1OCC(C)C. The number of benzene rings is 2. The van der Waals surface area contributed by atoms with E-state index in [2.05, 4.69) is 24.3 Å². The third-order valence-corrected chi connectivity index (χ3v) is 4.36. The number of carbonyl (C=O) groups excluding carboxylic acids is 1. The van der Waals surface area contributed by atoms with E-state index < -0.39 is 0 Å². The molecule has 156 valence electrons. The summed E-state index contributed by atoms with van der Waals surface area (Å²) in [6, 6.07) is 15.4. The molecule has 3 rings (SSSR count). The third kappa shape index (κ3) is 5.98. The van der Waals surface area contributed by atoms with Crippen molar-refractivity contribution in [3.05, 3.63) is 78.1 Å². The summed E-state index contributed by atoms with van der Waals surface area (Å²) in [6.07, 6.45) is 6.90. The Morgan fingerprint density at radius 3 is 2.63 bits per heavy atom. The van der Waals surface area contributed by atoms with Crippen LogP contribution < -0.4 is 14.8 Å². The molecule has 0 unspecified atom stereocenters. The first-order valence-corrected chi connectivity index (χ1v) is 9.91. The summed E-state index contributed by atoms with van der Waals surface area (Å²) >= 11 is 0. The molecule has 0 saturated heterocycles. The summed E-state index contributed by atoms with van der Waals surface area (Å²) < 4.78 is 12.9. The van der Waals surface area contributed by atoms with Crippen LogP contribution in [0.15, 0.2) is 67.0 Å². The monoisotopic (exact) mass is 405 g/mol. The van der Waals surface area contributed by atoms with Crippen molar-refractivity contribution in [1.82, 2.24) is 15.1 Å². The average Bonchev–Trinajstić information content (AvgIpc) is 3.30. The lowest BCUT2D eigenvalue weighted by atomic mass is 10.1. The van der Waals surface area contributed by atoms with Crippen LogP contribution in [-0.2, 0) is 11.3 Å². The molecule has 1 amide bonds. The number of amides is 1. The fraction of sp³-hybridized carbons (Fsp3) is 0.250. The Bertz CT molecular complexity index is 977. The van der Waals surface area contributed by atoms with Gasteiger partial charge in [-0.25, -0.2) is 4.68 Å². The van der Waals surface area contributed by atoms with Crippen molar-refractivity contribution < 1.29 is 14.3 Å². The van der Waals surface area contributed by atoms with Gasteiger partial charge in [-0.2, -0.15) is 5.10 Å². The molecule has 6 heteroatoms. The Hall–Kier alpha value is -3.54. The summed E-state index contributed by atoms with van der Waals surface area (Å²) in [5, 5.41) is 7.09. The molecule has 0 radical (unpaired) electrons. The summed E-state index contributed by atoms with van der Waals surface area (Å²) in [5.41, 5.74) is 2.85. The van der Waals surface area contributed by atoms with E-state index in [4.69, 9.17) is 9.47 Å². The fourth-order valence-electron chi connectivity index (χ4n) is 2.77. The molecule has 1 heterocycles. The lowest BCUT2D eigenvalue weighted by Crippen LogP contribution is -2.20. The van der Waals surface area contributed by atoms with Gasteiger partial charge in [-0.05, 0) is 53.5 Å². The Balaban J connectivity index is 1.54. The van der Waals surface area contributed by atoms with E-state index in [0.29, 0.717) is 30.6 Å². The number of rotatable bonds is 9. The third-order valence-electron chi connectivity index (χ3n) is 4.36. The van der Waals surface area contributed by atoms with Crippen molar-refractivity contribution in [3.63, 3.8) is 0 Å². The second-order valence-electron chi connectivity index (χ2n) is 7.28. The maximum absolute atomic E-state index is 12.2. The van der Waals surface area contributed by atoms with Crippen LogP contribution in [0.2, 0.25) is 0 Å². The first kappa shape index (κ1) is 21.2. The molecule has 1 aromatic heterocycles. The number of hydrogen-bond acceptors (Lipinski definition) is 4. The molecule has 30 heavy (non-hydrogen) atoms. The van der Waals surface area contributed by atoms with E-state index >= 15 is 0 Å². The highest BCUT2D eigenvalue weighted by Gasteiger charge is 2.06. The lowest BCUT2D eigenvalue weighted by Gasteiger charge is -2.12. The second-order valence-corrected chi connectivity index (χ2v) is 7.28. The number of nitrogens with zero attached hydrogens (tertiary/aromatic N) is 2. The Labute approximate surface area is 177 Å². The Kier molecular flexibility index (Phi) is 7.27. The normalized spacial score (nSPS) is 11.1. The molecule has 0 aliphatic carbocycles. The molecule has 0 fully saturated rings. The zero-order chi connectivity index (χ0) is 21.3. The van der Waals surface area contributed by atoms with E-state index in [0.717, 1.165) is 16.8 Å². The molecule has 0 aliphatic rings. The maximum atomic E-state index is 12.2. The van der Waals surface area contributed by atoms with E-state index in [1.807, 2.05) is 54.7 Å². The average molecular weight is 405 g/mol. The van der Waals surface area contributed by atoms with Gasteiger partial charge in [0.25, 0.3) is 0 Å². The van der Waals surface area contributed by atoms with Crippen molar-refractivity contribution in [3.8, 4) is 17.2 Å². The molecule has 6 nitrogen and oxygen atoms in total. The van der Waals surface area contributed by atoms with Crippen LogP contribution in [0.25, 0.3) is 11.8 Å². The van der Waals surface area contributed by atoms with Crippen molar-refractivity contribution >= 4 is 12.0 Å². The van der Waals surface area contributed by atoms with E-state index in [9.17, 15) is 4.79 Å². The highest BCUT2D eigenvalue weighted by Crippen LogP contribution is 2.29. The van der Waals surface area contributed by atoms with E-state index in [1.54, 1.807) is 24.1 Å². The van der Waals surface area contributed by atoms with Crippen LogP contribution >= 0.6 is 0 Å². The standard InChI is InChI=1S/C24H27N3O3/c1-18(2)17-30-22-11-7-19(15-23(22)29-3)8-12-24(28)25-16-20-5-9-21(10-6-20)27-14-4-13-26-27/h4-15,18H,16-17H2,1-3H3,(H,25,28)/b12-8+. The van der Waals surface area contributed by atoms with Gasteiger partial charge in [0.2, 0.25) is 5.91 Å². The van der Waals surface area contributed by atoms with Gasteiger partial charge in [0, 0.05) is 25.0 Å². The predicted molar refractivity (Wildman–Crippen MR) is 118 cm³/mol. The minimum absolute atomic E-state index is 0.162. The van der Waals surface area contributed by atoms with Crippen LogP contribution in [0.5, 0.6) is 11.5 Å². The number of aromatic nitrogens is 2. The molecular formula is C24H27N3O3. The number of nitrogens with one attached hydrogen (secondary N) is 1. The number of carbonyl (C=O) groups is 1. The topological polar surface area (TPSA) is 65.4 Å². The van der Waals surface area contributed by atoms with Gasteiger partial charge in [-0.15, -0.1) is 0 Å². The van der Waals surface area contributed by atoms with Gasteiger partial charge < -0.3 is 14.8 Å². The maximum Gasteiger partial charge on any atom is 0.244 e. The van der Waals surface area contributed by atoms with Gasteiger partial charge in [0.1, 0.15) is 0 Å². The number of hydrogen-bond donors (Lipinski definition) is 1. The van der Waals surface area contributed by atoms with Crippen LogP contribution in [0.4, 0.5) is 0 Å². The molecule has 0 spiro atoms. The lowest BCUT2D eigenvalue weighted by molar-refractivity contribution is -0.116. The molecule has 0 atom stereocenters. The predicted octanol–water partition coefficient (Wildman–Crippen LogP) is 4.25. The van der Waals surface area contributed by atoms with Crippen molar-refractivity contribution in [1.29, 1.82) is 0 Å². The highest BCUT2D eigenvalue weighted by atomic mass is 16.5. The first-order chi connectivity index (χ1) is 14.5. The summed E-state index contributed by atoms with van der Waals surface area (Å²) in [7, 11) is 1.61. The molecule has 1 N–H and O–H groups in total. The summed E-state index contributed by atoms with van der Waals surface area (Å²) in [4.78, 5) is 12.2. The van der Waals surface area contributed by atoms with E-state index in [1.165, 1.54) is 6.08 Å². The van der Waals surface area contributed by atoms with Crippen molar-refractivity contribution in [2.45, 2.75) is 20.4 Å². The van der Waals surface area contributed by atoms with Crippen molar-refractivity contribution in [2.75, 3.05) is 13.7 Å². The van der Waals surface area contributed by atoms with Gasteiger partial charge in [-0.3, -0.25) is 4.79 Å². The number of ether oxygens (including phenoxy) is 2. The summed E-state index contributed by atoms with van der Waals surface area (Å²) in [5.74, 6) is 1.62. The second kappa shape index (κ2) is 10.3. The minimum Gasteiger partial charge on any atom is -0.493 e. The molecule has 2 aromatic carbocycles. The minimum atomic E-state index is -0.162. The molecule has 0 saturated carbocycles. The molecule has 0 bridgehead atoms. The van der Waals surface area contributed by atoms with Crippen molar-refractivity contribution in [2.24, 2.45) is 5.92 Å². The van der Waals surface area contributed by atoms with Crippen LogP contribution in [-0.4, -0.2) is 29.4 Å². The van der Waals surface area contributed by atoms with Gasteiger partial charge in [-0.1, -0.05) is 32.0 Å². The Morgan fingerprint density at radius 1 is 1.17 bits per heavy atom. The number of methoxy groups -OCH3 is 1. The van der Waals surface area contributed by atoms with Crippen LogP contribution in [0.3, 0.4) is 0 Å². The summed E-state index contributed by atoms with van der Waals surface area (Å²) in [6.45, 7) is 5.26. The van der Waals surface area contributed by atoms with E-state index in [-0.39, 0.29) is 5.91 Å². The molecule has 0 aliphatic heterocycles. The Morgan fingerprint density at radius 2 is 1.97 bits per heavy atom. The van der Waals surface area contributed by atoms with Crippen LogP contribution in [0.1, 0.15) is 25.0 Å². The quantitative estimate of drug-likeness (QED) is 0.541. The zero-order valence-electron chi connectivity index (χ0n) is 17.5. The largest absolute Gasteiger partial charge is 0.493 e. The zero-order valence-corrected chi connectivity index (χ0v) is 17.5. The van der Waals surface area contributed by atoms with Gasteiger partial charge >= 0.3 is 0 Å². The van der Waals surface area contributed by atoms with Gasteiger partial charge in [0.05, 0.1) is 19.4 Å². The smallest absolute Gasteiger partial charge is 0.244 e. The highest BCUT2D eigenvalue weighted by molar-refractivity contribution is 5.91. The van der Waals surface area contributed by atoms with Crippen LogP contribution in [0, 0.1) is 5.92 Å². The fourth-order valence-corrected chi connectivity index (χ4v) is 2.77. The first-order valence-electron chi connectivity index (χ1n) is 9.91. The molecular weight excluding hydrogens is 378 g/mol.